The first-order chi connectivity index (χ1) is 18.8. The number of Topliss-reactive ketones (excluding diaryl/α,β-unsaturated/α-hetero) is 1. The average molecular weight is 559 g/mol. The molecule has 14 atom stereocenters. The number of hydrogen-bond acceptors (Lipinski definition) is 10. The molecule has 40 heavy (non-hydrogen) atoms. The van der Waals surface area contributed by atoms with Gasteiger partial charge in [0.05, 0.1) is 35.7 Å². The summed E-state index contributed by atoms with van der Waals surface area (Å²) in [5, 5.41) is 35.0. The quantitative estimate of drug-likeness (QED) is 0.340. The Balaban J connectivity index is 1.40. The number of carbonyl (C=O) groups excluding carboxylic acids is 3. The number of hydrogen-bond donors (Lipinski definition) is 3. The number of rotatable bonds is 3. The van der Waals surface area contributed by atoms with Crippen molar-refractivity contribution in [1.29, 1.82) is 0 Å². The normalized spacial score (nSPS) is 55.4. The molecule has 2 bridgehead atoms. The van der Waals surface area contributed by atoms with Crippen molar-refractivity contribution < 1.29 is 48.7 Å². The first-order valence-electron chi connectivity index (χ1n) is 14.4. The zero-order chi connectivity index (χ0) is 28.6. The van der Waals surface area contributed by atoms with Gasteiger partial charge in [0.1, 0.15) is 11.7 Å². The fraction of sp³-hybridized carbons (Fsp3) is 0.767. The van der Waals surface area contributed by atoms with Crippen LogP contribution in [0.1, 0.15) is 53.4 Å². The number of ether oxygens (including phenoxy) is 4. The van der Waals surface area contributed by atoms with E-state index in [9.17, 15) is 29.7 Å². The molecule has 0 amide bonds. The molecule has 6 fully saturated rings. The van der Waals surface area contributed by atoms with Gasteiger partial charge in [0, 0.05) is 37.5 Å². The summed E-state index contributed by atoms with van der Waals surface area (Å²) in [6, 6.07) is 0. The number of carbonyl (C=O) groups is 3. The molecule has 1 spiro atoms. The molecule has 218 valence electrons. The van der Waals surface area contributed by atoms with E-state index in [4.69, 9.17) is 18.9 Å². The van der Waals surface area contributed by atoms with Crippen molar-refractivity contribution >= 4 is 17.7 Å². The minimum atomic E-state index is -1.33. The minimum absolute atomic E-state index is 0.00663. The molecule has 2 saturated heterocycles. The highest BCUT2D eigenvalue weighted by Crippen LogP contribution is 2.78. The molecule has 5 aliphatic carbocycles. The molecule has 10 heteroatoms. The Morgan fingerprint density at radius 1 is 1.05 bits per heavy atom. The van der Waals surface area contributed by atoms with Crippen LogP contribution in [0.25, 0.3) is 0 Å². The number of esters is 2. The van der Waals surface area contributed by atoms with Crippen LogP contribution in [-0.4, -0.2) is 82.1 Å². The van der Waals surface area contributed by atoms with Crippen molar-refractivity contribution in [3.63, 3.8) is 0 Å². The lowest BCUT2D eigenvalue weighted by atomic mass is 9.37. The van der Waals surface area contributed by atoms with Crippen molar-refractivity contribution in [3.8, 4) is 0 Å². The van der Waals surface area contributed by atoms with Crippen LogP contribution in [0.4, 0.5) is 0 Å². The second-order valence-electron chi connectivity index (χ2n) is 13.6. The van der Waals surface area contributed by atoms with Crippen LogP contribution in [0.3, 0.4) is 0 Å². The molecule has 2 heterocycles. The van der Waals surface area contributed by atoms with Gasteiger partial charge in [-0.2, -0.15) is 0 Å². The van der Waals surface area contributed by atoms with E-state index in [1.807, 2.05) is 6.92 Å². The predicted molar refractivity (Wildman–Crippen MR) is 136 cm³/mol. The standard InChI is InChI=1S/C30H38O10/c1-13(31)38-20-11-19(34)29-12-37-26(36)27(20,3)18(29)10-17(33)22-23(29)24(35)25(39-14(2)32)28(4)16(15-7-5-6-8-15)9-21-30(22,28)40-21/h5,7-8,16-23,25-26,33-34,36H,6,9-12H2,1-4H3. The van der Waals surface area contributed by atoms with Gasteiger partial charge in [-0.25, -0.2) is 0 Å². The Hall–Kier alpha value is -2.11. The lowest BCUT2D eigenvalue weighted by Crippen LogP contribution is -2.79. The van der Waals surface area contributed by atoms with Gasteiger partial charge in [-0.1, -0.05) is 32.1 Å². The minimum Gasteiger partial charge on any atom is -0.462 e. The van der Waals surface area contributed by atoms with E-state index < -0.39 is 82.2 Å². The Kier molecular flexibility index (Phi) is 5.52. The molecule has 14 unspecified atom stereocenters. The van der Waals surface area contributed by atoms with Crippen LogP contribution in [0.5, 0.6) is 0 Å². The van der Waals surface area contributed by atoms with Gasteiger partial charge in [0.25, 0.3) is 0 Å². The van der Waals surface area contributed by atoms with E-state index >= 15 is 0 Å². The Morgan fingerprint density at radius 2 is 1.77 bits per heavy atom. The van der Waals surface area contributed by atoms with Gasteiger partial charge >= 0.3 is 11.9 Å². The van der Waals surface area contributed by atoms with E-state index in [1.54, 1.807) is 6.92 Å². The summed E-state index contributed by atoms with van der Waals surface area (Å²) in [7, 11) is 0. The van der Waals surface area contributed by atoms with Crippen LogP contribution in [-0.2, 0) is 33.3 Å². The summed E-state index contributed by atoms with van der Waals surface area (Å²) in [5.74, 6) is -3.86. The fourth-order valence-electron chi connectivity index (χ4n) is 10.6. The maximum atomic E-state index is 14.9. The summed E-state index contributed by atoms with van der Waals surface area (Å²) in [6.07, 6.45) is 2.09. The first kappa shape index (κ1) is 26.8. The molecule has 0 aromatic rings. The molecule has 0 aromatic carbocycles. The lowest BCUT2D eigenvalue weighted by Gasteiger charge is -2.70. The van der Waals surface area contributed by atoms with Gasteiger partial charge in [0.2, 0.25) is 0 Å². The average Bonchev–Trinajstić information content (AvgIpc) is 3.22. The van der Waals surface area contributed by atoms with Crippen LogP contribution in [0.2, 0.25) is 0 Å². The summed E-state index contributed by atoms with van der Waals surface area (Å²) < 4.78 is 24.0. The number of epoxide rings is 1. The third-order valence-electron chi connectivity index (χ3n) is 12.2. The number of fused-ring (bicyclic) bond motifs is 1. The third kappa shape index (κ3) is 2.89. The van der Waals surface area contributed by atoms with E-state index in [1.165, 1.54) is 13.8 Å². The molecular formula is C30H38O10. The van der Waals surface area contributed by atoms with Crippen molar-refractivity contribution in [1.82, 2.24) is 0 Å². The van der Waals surface area contributed by atoms with Gasteiger partial charge in [-0.05, 0) is 36.7 Å². The highest BCUT2D eigenvalue weighted by molar-refractivity contribution is 5.92. The van der Waals surface area contributed by atoms with E-state index in [2.05, 4.69) is 18.2 Å². The molecule has 4 saturated carbocycles. The number of aliphatic hydroxyl groups excluding tert-OH is 3. The van der Waals surface area contributed by atoms with Gasteiger partial charge < -0.3 is 34.3 Å². The number of allylic oxidation sites excluding steroid dienone is 4. The second-order valence-corrected chi connectivity index (χ2v) is 13.6. The Bertz CT molecular complexity index is 1240. The maximum absolute atomic E-state index is 14.9. The van der Waals surface area contributed by atoms with Crippen molar-refractivity contribution in [2.75, 3.05) is 6.61 Å². The highest BCUT2D eigenvalue weighted by atomic mass is 16.6. The topological polar surface area (TPSA) is 152 Å². The molecular weight excluding hydrogens is 520 g/mol. The van der Waals surface area contributed by atoms with E-state index in [0.717, 1.165) is 12.0 Å². The van der Waals surface area contributed by atoms with Gasteiger partial charge in [-0.3, -0.25) is 14.4 Å². The molecule has 10 nitrogen and oxygen atoms in total. The van der Waals surface area contributed by atoms with Crippen LogP contribution in [0.15, 0.2) is 23.8 Å². The summed E-state index contributed by atoms with van der Waals surface area (Å²) in [6.45, 7) is 6.12. The fourth-order valence-corrected chi connectivity index (χ4v) is 10.6. The largest absolute Gasteiger partial charge is 0.462 e. The van der Waals surface area contributed by atoms with Gasteiger partial charge in [0.15, 0.2) is 18.2 Å². The van der Waals surface area contributed by atoms with E-state index in [0.29, 0.717) is 6.42 Å². The number of aliphatic hydroxyl groups is 3. The summed E-state index contributed by atoms with van der Waals surface area (Å²) >= 11 is 0. The Morgan fingerprint density at radius 3 is 2.42 bits per heavy atom. The molecule has 0 aromatic heterocycles. The monoisotopic (exact) mass is 558 g/mol. The van der Waals surface area contributed by atoms with Gasteiger partial charge in [-0.15, -0.1) is 0 Å². The third-order valence-corrected chi connectivity index (χ3v) is 12.2. The van der Waals surface area contributed by atoms with Crippen LogP contribution in [0, 0.1) is 39.9 Å². The maximum Gasteiger partial charge on any atom is 0.303 e. The molecule has 3 N–H and O–H groups in total. The van der Waals surface area contributed by atoms with Crippen LogP contribution >= 0.6 is 0 Å². The lowest BCUT2D eigenvalue weighted by molar-refractivity contribution is -0.363. The zero-order valence-electron chi connectivity index (χ0n) is 23.2. The highest BCUT2D eigenvalue weighted by Gasteiger charge is 2.89. The summed E-state index contributed by atoms with van der Waals surface area (Å²) in [5.41, 5.74) is -3.18. The zero-order valence-corrected chi connectivity index (χ0v) is 23.2. The molecule has 2 aliphatic heterocycles. The second kappa shape index (κ2) is 8.25. The smallest absolute Gasteiger partial charge is 0.303 e. The van der Waals surface area contributed by atoms with E-state index in [-0.39, 0.29) is 37.3 Å². The molecule has 0 radical (unpaired) electrons. The Labute approximate surface area is 232 Å². The van der Waals surface area contributed by atoms with Crippen LogP contribution < -0.4 is 0 Å². The summed E-state index contributed by atoms with van der Waals surface area (Å²) in [4.78, 5) is 39.4. The van der Waals surface area contributed by atoms with Crippen molar-refractivity contribution in [3.05, 3.63) is 23.8 Å². The number of ketones is 1. The van der Waals surface area contributed by atoms with Crippen molar-refractivity contribution in [2.45, 2.75) is 95.8 Å². The van der Waals surface area contributed by atoms with Crippen molar-refractivity contribution in [2.24, 2.45) is 39.9 Å². The predicted octanol–water partition coefficient (Wildman–Crippen LogP) is 1.20. The molecule has 7 aliphatic rings. The SMILES string of the molecule is CC(=O)OC1CC(O)C23COC(O)C1(C)C2CC(O)C1C3C(=O)C(OC(C)=O)C2(C)C(C3=CCC=C3)CC3OC312. The molecule has 7 rings (SSSR count). The first-order valence-corrected chi connectivity index (χ1v) is 14.4.